The van der Waals surface area contributed by atoms with Crippen LogP contribution in [0.4, 0.5) is 0 Å². The zero-order chi connectivity index (χ0) is 9.30. The molecule has 4 heteroatoms. The molecular formula is C8H8B3N. The molecule has 0 saturated heterocycles. The largest absolute Gasteiger partial charge is 0.270 e. The van der Waals surface area contributed by atoms with Crippen molar-refractivity contribution in [1.82, 2.24) is 4.98 Å². The second-order valence-electron chi connectivity index (χ2n) is 3.09. The molecule has 1 aromatic rings. The molecule has 1 rings (SSSR count). The normalized spacial score (nSPS) is 10.6. The van der Waals surface area contributed by atoms with E-state index in [4.69, 9.17) is 23.5 Å². The monoisotopic (exact) mass is 151 g/mol. The molecule has 0 aliphatic heterocycles. The van der Waals surface area contributed by atoms with Crippen LogP contribution in [-0.4, -0.2) is 28.5 Å². The average molecular weight is 151 g/mol. The SMILES string of the molecule is [B]c1cc([B])c(C(C)C)nc1[B]. The van der Waals surface area contributed by atoms with Crippen LogP contribution >= 0.6 is 0 Å². The molecule has 0 atom stereocenters. The van der Waals surface area contributed by atoms with E-state index < -0.39 is 0 Å². The smallest absolute Gasteiger partial charge is 0.140 e. The fourth-order valence-corrected chi connectivity index (χ4v) is 1.04. The van der Waals surface area contributed by atoms with E-state index in [1.54, 1.807) is 6.07 Å². The van der Waals surface area contributed by atoms with Crippen molar-refractivity contribution in [2.24, 2.45) is 0 Å². The van der Waals surface area contributed by atoms with E-state index in [2.05, 4.69) is 4.98 Å². The molecule has 1 nitrogen and oxygen atoms in total. The molecule has 0 saturated carbocycles. The number of nitrogens with zero attached hydrogens (tertiary/aromatic N) is 1. The van der Waals surface area contributed by atoms with Crippen molar-refractivity contribution in [3.63, 3.8) is 0 Å². The maximum absolute atomic E-state index is 5.69. The first-order valence-corrected chi connectivity index (χ1v) is 3.83. The van der Waals surface area contributed by atoms with E-state index in [0.717, 1.165) is 5.69 Å². The van der Waals surface area contributed by atoms with E-state index in [1.165, 1.54) is 0 Å². The Morgan fingerprint density at radius 3 is 2.25 bits per heavy atom. The number of hydrogen-bond donors (Lipinski definition) is 0. The first-order valence-electron chi connectivity index (χ1n) is 3.83. The van der Waals surface area contributed by atoms with E-state index in [-0.39, 0.29) is 5.92 Å². The fourth-order valence-electron chi connectivity index (χ4n) is 1.04. The third kappa shape index (κ3) is 1.74. The average Bonchev–Trinajstić information content (AvgIpc) is 1.96. The second kappa shape index (κ2) is 3.38. The van der Waals surface area contributed by atoms with Gasteiger partial charge in [0.25, 0.3) is 0 Å². The van der Waals surface area contributed by atoms with Gasteiger partial charge in [-0.05, 0) is 11.5 Å². The highest BCUT2D eigenvalue weighted by molar-refractivity contribution is 6.49. The summed E-state index contributed by atoms with van der Waals surface area (Å²) in [6, 6.07) is 1.65. The van der Waals surface area contributed by atoms with Crippen LogP contribution < -0.4 is 16.5 Å². The van der Waals surface area contributed by atoms with Gasteiger partial charge in [0.2, 0.25) is 0 Å². The van der Waals surface area contributed by atoms with E-state index in [1.807, 2.05) is 13.8 Å². The summed E-state index contributed by atoms with van der Waals surface area (Å²) >= 11 is 0. The minimum Gasteiger partial charge on any atom is -0.270 e. The molecule has 12 heavy (non-hydrogen) atoms. The fraction of sp³-hybridized carbons (Fsp3) is 0.375. The third-order valence-electron chi connectivity index (χ3n) is 1.69. The highest BCUT2D eigenvalue weighted by Crippen LogP contribution is 2.04. The number of hydrogen-bond acceptors (Lipinski definition) is 1. The van der Waals surface area contributed by atoms with Gasteiger partial charge in [-0.2, -0.15) is 0 Å². The lowest BCUT2D eigenvalue weighted by molar-refractivity contribution is 0.836. The minimum atomic E-state index is 0.271. The molecular weight excluding hydrogens is 143 g/mol. The Morgan fingerprint density at radius 1 is 1.17 bits per heavy atom. The molecule has 1 aromatic heterocycles. The van der Waals surface area contributed by atoms with Gasteiger partial charge in [0.1, 0.15) is 23.5 Å². The Bertz CT molecular complexity index is 297. The summed E-state index contributed by atoms with van der Waals surface area (Å²) in [6.07, 6.45) is 0. The number of pyridine rings is 1. The van der Waals surface area contributed by atoms with Crippen molar-refractivity contribution in [2.45, 2.75) is 19.8 Å². The molecule has 0 spiro atoms. The van der Waals surface area contributed by atoms with E-state index >= 15 is 0 Å². The molecule has 0 bridgehead atoms. The first kappa shape index (κ1) is 9.43. The van der Waals surface area contributed by atoms with Crippen molar-refractivity contribution in [1.29, 1.82) is 0 Å². The van der Waals surface area contributed by atoms with Gasteiger partial charge in [0.05, 0.1) is 0 Å². The summed E-state index contributed by atoms with van der Waals surface area (Å²) in [5.41, 5.74) is 2.21. The highest BCUT2D eigenvalue weighted by atomic mass is 14.7. The molecule has 0 fully saturated rings. The van der Waals surface area contributed by atoms with Gasteiger partial charge in [-0.25, -0.2) is 0 Å². The maximum atomic E-state index is 5.69. The first-order chi connectivity index (χ1) is 5.52. The van der Waals surface area contributed by atoms with E-state index in [0.29, 0.717) is 16.5 Å². The summed E-state index contributed by atoms with van der Waals surface area (Å²) in [7, 11) is 16.8. The van der Waals surface area contributed by atoms with Crippen LogP contribution in [0, 0.1) is 0 Å². The Kier molecular flexibility index (Phi) is 2.66. The summed E-state index contributed by atoms with van der Waals surface area (Å²) < 4.78 is 0. The molecule has 0 N–H and O–H groups in total. The lowest BCUT2D eigenvalue weighted by atomic mass is 9.79. The van der Waals surface area contributed by atoms with Crippen LogP contribution in [-0.2, 0) is 0 Å². The Balaban J connectivity index is 3.23. The summed E-state index contributed by atoms with van der Waals surface area (Å²) in [5.74, 6) is 0.271. The molecule has 0 aromatic carbocycles. The third-order valence-corrected chi connectivity index (χ3v) is 1.69. The highest BCUT2D eigenvalue weighted by Gasteiger charge is 2.05. The predicted octanol–water partition coefficient (Wildman–Crippen LogP) is -1.41. The molecule has 0 unspecified atom stereocenters. The summed E-state index contributed by atoms with van der Waals surface area (Å²) in [5, 5.41) is 0. The second-order valence-corrected chi connectivity index (χ2v) is 3.09. The zero-order valence-corrected chi connectivity index (χ0v) is 7.33. The lowest BCUT2D eigenvalue weighted by Gasteiger charge is -2.12. The van der Waals surface area contributed by atoms with Crippen molar-refractivity contribution in [2.75, 3.05) is 0 Å². The van der Waals surface area contributed by atoms with Crippen molar-refractivity contribution in [3.05, 3.63) is 11.8 Å². The Labute approximate surface area is 77.2 Å². The van der Waals surface area contributed by atoms with Gasteiger partial charge < -0.3 is 0 Å². The van der Waals surface area contributed by atoms with Crippen LogP contribution in [0.1, 0.15) is 25.5 Å². The topological polar surface area (TPSA) is 12.9 Å². The predicted molar refractivity (Wildman–Crippen MR) is 54.5 cm³/mol. The van der Waals surface area contributed by atoms with Gasteiger partial charge >= 0.3 is 0 Å². The summed E-state index contributed by atoms with van der Waals surface area (Å²) in [4.78, 5) is 4.10. The Morgan fingerprint density at radius 2 is 1.75 bits per heavy atom. The Hall–Kier alpha value is -0.655. The summed E-state index contributed by atoms with van der Waals surface area (Å²) in [6.45, 7) is 4.02. The number of aromatic nitrogens is 1. The van der Waals surface area contributed by atoms with Crippen molar-refractivity contribution < 1.29 is 0 Å². The molecule has 0 aliphatic carbocycles. The molecule has 6 radical (unpaired) electrons. The van der Waals surface area contributed by atoms with Gasteiger partial charge in [-0.1, -0.05) is 30.8 Å². The molecule has 0 amide bonds. The zero-order valence-electron chi connectivity index (χ0n) is 7.33. The lowest BCUT2D eigenvalue weighted by Crippen LogP contribution is -2.35. The van der Waals surface area contributed by atoms with Gasteiger partial charge in [-0.15, -0.1) is 0 Å². The number of rotatable bonds is 1. The van der Waals surface area contributed by atoms with E-state index in [9.17, 15) is 0 Å². The van der Waals surface area contributed by atoms with Crippen LogP contribution in [0.25, 0.3) is 0 Å². The van der Waals surface area contributed by atoms with Gasteiger partial charge in [-0.3, -0.25) is 4.98 Å². The van der Waals surface area contributed by atoms with Crippen LogP contribution in [0.3, 0.4) is 0 Å². The molecule has 1 heterocycles. The van der Waals surface area contributed by atoms with Crippen LogP contribution in [0.2, 0.25) is 0 Å². The van der Waals surface area contributed by atoms with Crippen LogP contribution in [0.15, 0.2) is 6.07 Å². The van der Waals surface area contributed by atoms with Crippen molar-refractivity contribution >= 4 is 40.1 Å². The minimum absolute atomic E-state index is 0.271. The van der Waals surface area contributed by atoms with Crippen LogP contribution in [0.5, 0.6) is 0 Å². The molecule has 54 valence electrons. The van der Waals surface area contributed by atoms with Gasteiger partial charge in [0.15, 0.2) is 0 Å². The maximum Gasteiger partial charge on any atom is 0.140 e. The quantitative estimate of drug-likeness (QED) is 0.448. The van der Waals surface area contributed by atoms with Crippen molar-refractivity contribution in [3.8, 4) is 0 Å². The van der Waals surface area contributed by atoms with Gasteiger partial charge in [0, 0.05) is 5.69 Å². The molecule has 0 aliphatic rings. The standard InChI is InChI=1S/C8H8B3N/c1-4(2)7-5(9)3-6(10)8(11)12-7/h3-4H,1-2H3.